The van der Waals surface area contributed by atoms with Crippen LogP contribution in [0.3, 0.4) is 0 Å². The van der Waals surface area contributed by atoms with Crippen LogP contribution >= 0.6 is 11.6 Å². The van der Waals surface area contributed by atoms with Crippen molar-refractivity contribution in [2.75, 3.05) is 0 Å². The number of aromatic nitrogens is 1. The van der Waals surface area contributed by atoms with Crippen molar-refractivity contribution < 1.29 is 14.7 Å². The molecule has 3 rings (SSSR count). The van der Waals surface area contributed by atoms with Crippen LogP contribution in [0.1, 0.15) is 27.2 Å². The number of benzene rings is 2. The Morgan fingerprint density at radius 2 is 1.96 bits per heavy atom. The van der Waals surface area contributed by atoms with Gasteiger partial charge < -0.3 is 10.1 Å². The van der Waals surface area contributed by atoms with Crippen molar-refractivity contribution in [2.24, 2.45) is 0 Å². The number of aryl methyl sites for hydroxylation is 1. The van der Waals surface area contributed by atoms with E-state index < -0.39 is 5.97 Å². The van der Waals surface area contributed by atoms with Crippen LogP contribution in [0.5, 0.6) is 0 Å². The topological polar surface area (TPSA) is 70.2 Å². The summed E-state index contributed by atoms with van der Waals surface area (Å²) in [5, 5.41) is 10.3. The van der Waals surface area contributed by atoms with E-state index in [0.717, 1.165) is 5.56 Å². The molecule has 2 aromatic carbocycles. The Labute approximate surface area is 137 Å². The van der Waals surface area contributed by atoms with Gasteiger partial charge in [-0.1, -0.05) is 35.4 Å². The molecule has 1 aromatic heterocycles. The molecular weight excluding hydrogens is 314 g/mol. The van der Waals surface area contributed by atoms with Gasteiger partial charge in [0.2, 0.25) is 5.78 Å². The molecule has 0 saturated carbocycles. The fourth-order valence-electron chi connectivity index (χ4n) is 2.68. The van der Waals surface area contributed by atoms with Crippen LogP contribution in [0.15, 0.2) is 42.5 Å². The summed E-state index contributed by atoms with van der Waals surface area (Å²) in [6.07, 6.45) is -0.243. The summed E-state index contributed by atoms with van der Waals surface area (Å²) in [4.78, 5) is 27.0. The Morgan fingerprint density at radius 3 is 2.65 bits per heavy atom. The number of carbonyl (C=O) groups is 2. The zero-order valence-electron chi connectivity index (χ0n) is 12.4. The molecule has 0 unspecified atom stereocenters. The first-order valence-electron chi connectivity index (χ1n) is 7.09. The van der Waals surface area contributed by atoms with E-state index in [-0.39, 0.29) is 12.2 Å². The van der Waals surface area contributed by atoms with Crippen LogP contribution in [0.2, 0.25) is 5.02 Å². The summed E-state index contributed by atoms with van der Waals surface area (Å²) in [6.45, 7) is 1.90. The van der Waals surface area contributed by atoms with Crippen LogP contribution in [-0.2, 0) is 11.2 Å². The minimum Gasteiger partial charge on any atom is -0.481 e. The molecule has 2 N–H and O–H groups in total. The van der Waals surface area contributed by atoms with Crippen molar-refractivity contribution in [2.45, 2.75) is 13.3 Å². The highest BCUT2D eigenvalue weighted by atomic mass is 35.5. The predicted molar refractivity (Wildman–Crippen MR) is 89.3 cm³/mol. The number of rotatable bonds is 4. The summed E-state index contributed by atoms with van der Waals surface area (Å²) >= 11 is 6.01. The third-order valence-electron chi connectivity index (χ3n) is 3.70. The number of hydrogen-bond acceptors (Lipinski definition) is 2. The van der Waals surface area contributed by atoms with Gasteiger partial charge in [-0.2, -0.15) is 0 Å². The zero-order chi connectivity index (χ0) is 16.6. The second-order valence-electron chi connectivity index (χ2n) is 5.44. The lowest BCUT2D eigenvalue weighted by atomic mass is 10.0. The van der Waals surface area contributed by atoms with Crippen molar-refractivity contribution in [3.05, 3.63) is 69.9 Å². The van der Waals surface area contributed by atoms with Crippen molar-refractivity contribution in [1.29, 1.82) is 0 Å². The molecule has 0 bridgehead atoms. The molecule has 0 amide bonds. The zero-order valence-corrected chi connectivity index (χ0v) is 13.1. The monoisotopic (exact) mass is 327 g/mol. The number of fused-ring (bicyclic) bond motifs is 1. The number of carbonyl (C=O) groups excluding carboxylic acids is 1. The number of carboxylic acid groups (broad SMARTS) is 1. The molecule has 5 heteroatoms. The lowest BCUT2D eigenvalue weighted by molar-refractivity contribution is -0.136. The normalized spacial score (nSPS) is 10.9. The van der Waals surface area contributed by atoms with E-state index in [2.05, 4.69) is 4.98 Å². The second-order valence-corrected chi connectivity index (χ2v) is 5.87. The van der Waals surface area contributed by atoms with E-state index in [9.17, 15) is 14.7 Å². The van der Waals surface area contributed by atoms with Crippen LogP contribution in [0.4, 0.5) is 0 Å². The van der Waals surface area contributed by atoms with Gasteiger partial charge in [0.1, 0.15) is 0 Å². The third-order valence-corrected chi connectivity index (χ3v) is 3.94. The molecule has 4 nitrogen and oxygen atoms in total. The summed E-state index contributed by atoms with van der Waals surface area (Å²) in [5.41, 5.74) is 2.95. The van der Waals surface area contributed by atoms with Gasteiger partial charge in [0.05, 0.1) is 12.1 Å². The molecular formula is C18H14ClNO3. The Bertz CT molecular complexity index is 927. The minimum absolute atomic E-state index is 0.225. The predicted octanol–water partition coefficient (Wildman–Crippen LogP) is 3.99. The minimum atomic E-state index is -0.996. The molecule has 0 saturated heterocycles. The SMILES string of the molecule is Cc1cccc(C(=O)c2[nH]c3ccc(Cl)cc3c2CC(=O)O)c1. The number of halogens is 1. The molecule has 0 aliphatic rings. The average molecular weight is 328 g/mol. The Hall–Kier alpha value is -2.59. The van der Waals surface area contributed by atoms with Crippen LogP contribution in [0.25, 0.3) is 10.9 Å². The molecule has 0 aliphatic heterocycles. The summed E-state index contributed by atoms with van der Waals surface area (Å²) in [6, 6.07) is 12.3. The van der Waals surface area contributed by atoms with E-state index in [1.807, 2.05) is 13.0 Å². The largest absolute Gasteiger partial charge is 0.481 e. The van der Waals surface area contributed by atoms with Gasteiger partial charge in [-0.25, -0.2) is 0 Å². The summed E-state index contributed by atoms with van der Waals surface area (Å²) in [7, 11) is 0. The highest BCUT2D eigenvalue weighted by Crippen LogP contribution is 2.28. The van der Waals surface area contributed by atoms with Gasteiger partial charge in [0, 0.05) is 27.1 Å². The molecule has 23 heavy (non-hydrogen) atoms. The maximum atomic E-state index is 12.8. The van der Waals surface area contributed by atoms with Gasteiger partial charge in [0.15, 0.2) is 0 Å². The number of H-pyrrole nitrogens is 1. The van der Waals surface area contributed by atoms with Crippen molar-refractivity contribution in [3.8, 4) is 0 Å². The molecule has 0 radical (unpaired) electrons. The van der Waals surface area contributed by atoms with Gasteiger partial charge in [-0.15, -0.1) is 0 Å². The van der Waals surface area contributed by atoms with Gasteiger partial charge in [-0.05, 0) is 31.2 Å². The third kappa shape index (κ3) is 2.98. The molecule has 3 aromatic rings. The van der Waals surface area contributed by atoms with E-state index in [4.69, 9.17) is 11.6 Å². The van der Waals surface area contributed by atoms with E-state index in [1.165, 1.54) is 0 Å². The van der Waals surface area contributed by atoms with Gasteiger partial charge in [-0.3, -0.25) is 9.59 Å². The highest BCUT2D eigenvalue weighted by Gasteiger charge is 2.21. The Kier molecular flexibility index (Phi) is 3.92. The van der Waals surface area contributed by atoms with Gasteiger partial charge in [0.25, 0.3) is 0 Å². The van der Waals surface area contributed by atoms with Crippen molar-refractivity contribution in [1.82, 2.24) is 4.98 Å². The van der Waals surface area contributed by atoms with Crippen molar-refractivity contribution >= 4 is 34.3 Å². The first kappa shape index (κ1) is 15.3. The lowest BCUT2D eigenvalue weighted by Gasteiger charge is -2.03. The first-order valence-corrected chi connectivity index (χ1v) is 7.47. The van der Waals surface area contributed by atoms with Crippen LogP contribution < -0.4 is 0 Å². The lowest BCUT2D eigenvalue weighted by Crippen LogP contribution is -2.09. The first-order chi connectivity index (χ1) is 11.0. The maximum Gasteiger partial charge on any atom is 0.307 e. The number of nitrogens with one attached hydrogen (secondary N) is 1. The molecule has 116 valence electrons. The van der Waals surface area contributed by atoms with Crippen molar-refractivity contribution in [3.63, 3.8) is 0 Å². The molecule has 0 fully saturated rings. The number of carboxylic acids is 1. The Balaban J connectivity index is 2.19. The van der Waals surface area contributed by atoms with Crippen LogP contribution in [-0.4, -0.2) is 21.8 Å². The van der Waals surface area contributed by atoms with E-state index >= 15 is 0 Å². The standard InChI is InChI=1S/C18H14ClNO3/c1-10-3-2-4-11(7-10)18(23)17-14(9-16(21)22)13-8-12(19)5-6-15(13)20-17/h2-8,20H,9H2,1H3,(H,21,22). The van der Waals surface area contributed by atoms with E-state index in [0.29, 0.717) is 32.7 Å². The fourth-order valence-corrected chi connectivity index (χ4v) is 2.85. The quantitative estimate of drug-likeness (QED) is 0.712. The number of hydrogen-bond donors (Lipinski definition) is 2. The molecule has 0 aliphatic carbocycles. The summed E-state index contributed by atoms with van der Waals surface area (Å²) in [5.74, 6) is -1.22. The fraction of sp³-hybridized carbons (Fsp3) is 0.111. The number of aromatic amines is 1. The highest BCUT2D eigenvalue weighted by molar-refractivity contribution is 6.31. The molecule has 1 heterocycles. The number of aliphatic carboxylic acids is 1. The summed E-state index contributed by atoms with van der Waals surface area (Å²) < 4.78 is 0. The van der Waals surface area contributed by atoms with Gasteiger partial charge >= 0.3 is 5.97 Å². The molecule has 0 spiro atoms. The average Bonchev–Trinajstić information content (AvgIpc) is 2.84. The second kappa shape index (κ2) is 5.89. The van der Waals surface area contributed by atoms with Crippen LogP contribution in [0, 0.1) is 6.92 Å². The van der Waals surface area contributed by atoms with E-state index in [1.54, 1.807) is 36.4 Å². The number of ketones is 1. The smallest absolute Gasteiger partial charge is 0.307 e. The molecule has 0 atom stereocenters. The Morgan fingerprint density at radius 1 is 1.17 bits per heavy atom. The maximum absolute atomic E-state index is 12.8.